The summed E-state index contributed by atoms with van der Waals surface area (Å²) in [7, 11) is 0. The molecule has 2 atom stereocenters. The van der Waals surface area contributed by atoms with E-state index in [0.29, 0.717) is 0 Å². The first kappa shape index (κ1) is 19.6. The maximum absolute atomic E-state index is 12.6. The number of aryl methyl sites for hydroxylation is 2. The topological polar surface area (TPSA) is 32.3 Å². The Morgan fingerprint density at radius 2 is 1.89 bits per heavy atom. The summed E-state index contributed by atoms with van der Waals surface area (Å²) in [5.41, 5.74) is 5.67. The molecular formula is C24H32N2O. The number of piperidine rings is 1. The van der Waals surface area contributed by atoms with Crippen LogP contribution in [0.5, 0.6) is 0 Å². The van der Waals surface area contributed by atoms with Gasteiger partial charge in [0.1, 0.15) is 0 Å². The number of benzene rings is 2. The highest BCUT2D eigenvalue weighted by atomic mass is 16.1. The van der Waals surface area contributed by atoms with Gasteiger partial charge in [-0.3, -0.25) is 9.69 Å². The Balaban J connectivity index is 1.59. The van der Waals surface area contributed by atoms with E-state index in [1.165, 1.54) is 42.6 Å². The Kier molecular flexibility index (Phi) is 6.33. The fourth-order valence-electron chi connectivity index (χ4n) is 3.85. The van der Waals surface area contributed by atoms with Gasteiger partial charge in [0.15, 0.2) is 0 Å². The number of nitrogens with one attached hydrogen (secondary N) is 1. The van der Waals surface area contributed by atoms with Gasteiger partial charge in [0, 0.05) is 18.7 Å². The number of carbonyl (C=O) groups is 1. The van der Waals surface area contributed by atoms with Crippen LogP contribution in [0.25, 0.3) is 0 Å². The molecule has 3 heteroatoms. The summed E-state index contributed by atoms with van der Waals surface area (Å²) in [5, 5.41) is 3.12. The minimum atomic E-state index is -0.0149. The van der Waals surface area contributed by atoms with Gasteiger partial charge in [0.05, 0.1) is 6.04 Å². The van der Waals surface area contributed by atoms with Gasteiger partial charge in [-0.1, -0.05) is 37.3 Å². The minimum absolute atomic E-state index is 0.00804. The van der Waals surface area contributed by atoms with E-state index >= 15 is 0 Å². The van der Waals surface area contributed by atoms with Gasteiger partial charge in [-0.2, -0.15) is 0 Å². The van der Waals surface area contributed by atoms with Crippen LogP contribution in [0.2, 0.25) is 0 Å². The lowest BCUT2D eigenvalue weighted by Gasteiger charge is -2.30. The molecule has 3 rings (SSSR count). The van der Waals surface area contributed by atoms with Crippen molar-refractivity contribution in [2.75, 3.05) is 13.1 Å². The molecule has 1 fully saturated rings. The van der Waals surface area contributed by atoms with Crippen molar-refractivity contribution in [1.29, 1.82) is 0 Å². The van der Waals surface area contributed by atoms with E-state index in [0.717, 1.165) is 23.6 Å². The van der Waals surface area contributed by atoms with Gasteiger partial charge in [0.25, 0.3) is 5.91 Å². The number of carbonyl (C=O) groups excluding carboxylic acids is 1. The lowest BCUT2D eigenvalue weighted by atomic mass is 9.99. The molecule has 1 aliphatic rings. The third-order valence-electron chi connectivity index (χ3n) is 5.74. The van der Waals surface area contributed by atoms with E-state index in [1.807, 2.05) is 19.1 Å². The maximum Gasteiger partial charge on any atom is 0.251 e. The molecule has 0 radical (unpaired) electrons. The lowest BCUT2D eigenvalue weighted by Crippen LogP contribution is -2.33. The largest absolute Gasteiger partial charge is 0.346 e. The molecule has 3 nitrogen and oxygen atoms in total. The third kappa shape index (κ3) is 5.20. The average Bonchev–Trinajstić information content (AvgIpc) is 2.64. The number of hydrogen-bond donors (Lipinski definition) is 1. The van der Waals surface area contributed by atoms with Crippen LogP contribution in [0.15, 0.2) is 42.5 Å². The standard InChI is InChI=1S/C24H32N2O/c1-17-6-5-13-26(15-17)16-21-8-11-22(12-9-21)24(27)25-20(4)23-10-7-18(2)19(3)14-23/h7-12,14,17,20H,5-6,13,15-16H2,1-4H3,(H,25,27)/t17-,20+/m0/s1. The zero-order valence-electron chi connectivity index (χ0n) is 17.1. The molecule has 0 spiro atoms. The third-order valence-corrected chi connectivity index (χ3v) is 5.74. The van der Waals surface area contributed by atoms with E-state index in [2.05, 4.69) is 61.3 Å². The first-order valence-electron chi connectivity index (χ1n) is 10.1. The molecule has 1 heterocycles. The molecule has 2 aromatic carbocycles. The summed E-state index contributed by atoms with van der Waals surface area (Å²) in [6.45, 7) is 11.9. The fourth-order valence-corrected chi connectivity index (χ4v) is 3.85. The van der Waals surface area contributed by atoms with Crippen LogP contribution >= 0.6 is 0 Å². The zero-order valence-corrected chi connectivity index (χ0v) is 17.1. The molecule has 1 N–H and O–H groups in total. The number of nitrogens with zero attached hydrogens (tertiary/aromatic N) is 1. The van der Waals surface area contributed by atoms with Gasteiger partial charge >= 0.3 is 0 Å². The van der Waals surface area contributed by atoms with E-state index in [4.69, 9.17) is 0 Å². The summed E-state index contributed by atoms with van der Waals surface area (Å²) in [6, 6.07) is 14.4. The van der Waals surface area contributed by atoms with E-state index < -0.39 is 0 Å². The molecule has 0 bridgehead atoms. The summed E-state index contributed by atoms with van der Waals surface area (Å²) in [4.78, 5) is 15.1. The van der Waals surface area contributed by atoms with Crippen LogP contribution in [0, 0.1) is 19.8 Å². The number of hydrogen-bond acceptors (Lipinski definition) is 2. The van der Waals surface area contributed by atoms with E-state index in [-0.39, 0.29) is 11.9 Å². The van der Waals surface area contributed by atoms with Gasteiger partial charge in [-0.15, -0.1) is 0 Å². The SMILES string of the molecule is Cc1ccc([C@@H](C)NC(=O)c2ccc(CN3CCC[C@H](C)C3)cc2)cc1C. The Morgan fingerprint density at radius 3 is 2.56 bits per heavy atom. The molecule has 0 unspecified atom stereocenters. The number of rotatable bonds is 5. The van der Waals surface area contributed by atoms with E-state index in [9.17, 15) is 4.79 Å². The molecule has 1 amide bonds. The zero-order chi connectivity index (χ0) is 19.4. The van der Waals surface area contributed by atoms with Crippen molar-refractivity contribution in [2.24, 2.45) is 5.92 Å². The molecule has 1 aliphatic heterocycles. The van der Waals surface area contributed by atoms with Crippen LogP contribution in [0.3, 0.4) is 0 Å². The van der Waals surface area contributed by atoms with Crippen LogP contribution in [0.1, 0.15) is 65.3 Å². The molecule has 0 aliphatic carbocycles. The van der Waals surface area contributed by atoms with Crippen LogP contribution < -0.4 is 5.32 Å². The Morgan fingerprint density at radius 1 is 1.15 bits per heavy atom. The van der Waals surface area contributed by atoms with E-state index in [1.54, 1.807) is 0 Å². The highest BCUT2D eigenvalue weighted by Gasteiger charge is 2.17. The predicted molar refractivity (Wildman–Crippen MR) is 112 cm³/mol. The first-order chi connectivity index (χ1) is 12.9. The van der Waals surface area contributed by atoms with Crippen molar-refractivity contribution in [3.05, 3.63) is 70.3 Å². The smallest absolute Gasteiger partial charge is 0.251 e. The summed E-state index contributed by atoms with van der Waals surface area (Å²) >= 11 is 0. The summed E-state index contributed by atoms with van der Waals surface area (Å²) in [6.07, 6.45) is 2.63. The molecular weight excluding hydrogens is 332 g/mol. The summed E-state index contributed by atoms with van der Waals surface area (Å²) < 4.78 is 0. The second kappa shape index (κ2) is 8.71. The van der Waals surface area contributed by atoms with Crippen molar-refractivity contribution in [3.63, 3.8) is 0 Å². The normalized spacial score (nSPS) is 18.9. The second-order valence-corrected chi connectivity index (χ2v) is 8.22. The predicted octanol–water partition coefficient (Wildman–Crippen LogP) is 5.03. The summed E-state index contributed by atoms with van der Waals surface area (Å²) in [5.74, 6) is 0.773. The van der Waals surface area contributed by atoms with Gasteiger partial charge in [-0.05, 0) is 80.5 Å². The lowest BCUT2D eigenvalue weighted by molar-refractivity contribution is 0.0940. The quantitative estimate of drug-likeness (QED) is 0.807. The highest BCUT2D eigenvalue weighted by Crippen LogP contribution is 2.19. The maximum atomic E-state index is 12.6. The molecule has 144 valence electrons. The monoisotopic (exact) mass is 364 g/mol. The van der Waals surface area contributed by atoms with Crippen LogP contribution in [-0.2, 0) is 6.54 Å². The first-order valence-corrected chi connectivity index (χ1v) is 10.1. The van der Waals surface area contributed by atoms with Crippen molar-refractivity contribution in [1.82, 2.24) is 10.2 Å². The molecule has 0 aromatic heterocycles. The highest BCUT2D eigenvalue weighted by molar-refractivity contribution is 5.94. The Bertz CT molecular complexity index is 781. The fraction of sp³-hybridized carbons (Fsp3) is 0.458. The minimum Gasteiger partial charge on any atom is -0.346 e. The van der Waals surface area contributed by atoms with Gasteiger partial charge in [-0.25, -0.2) is 0 Å². The van der Waals surface area contributed by atoms with Crippen LogP contribution in [0.4, 0.5) is 0 Å². The van der Waals surface area contributed by atoms with Gasteiger partial charge < -0.3 is 5.32 Å². The Hall–Kier alpha value is -2.13. The average molecular weight is 365 g/mol. The van der Waals surface area contributed by atoms with Gasteiger partial charge in [0.2, 0.25) is 0 Å². The molecule has 2 aromatic rings. The molecule has 1 saturated heterocycles. The van der Waals surface area contributed by atoms with Crippen LogP contribution in [-0.4, -0.2) is 23.9 Å². The molecule has 27 heavy (non-hydrogen) atoms. The van der Waals surface area contributed by atoms with Crippen molar-refractivity contribution in [2.45, 2.75) is 53.1 Å². The molecule has 0 saturated carbocycles. The number of amides is 1. The number of likely N-dealkylation sites (tertiary alicyclic amines) is 1. The van der Waals surface area contributed by atoms with Crippen molar-refractivity contribution in [3.8, 4) is 0 Å². The van der Waals surface area contributed by atoms with Crippen molar-refractivity contribution >= 4 is 5.91 Å². The van der Waals surface area contributed by atoms with Crippen molar-refractivity contribution < 1.29 is 4.79 Å². The Labute approximate surface area is 163 Å². The second-order valence-electron chi connectivity index (χ2n) is 8.22.